The minimum Gasteiger partial charge on any atom is -0.316 e. The van der Waals surface area contributed by atoms with Gasteiger partial charge in [-0.15, -0.1) is 23.1 Å². The summed E-state index contributed by atoms with van der Waals surface area (Å²) < 4.78 is 1.45. The third-order valence-electron chi connectivity index (χ3n) is 3.49. The van der Waals surface area contributed by atoms with Crippen molar-refractivity contribution in [1.82, 2.24) is 5.32 Å². The molecule has 0 saturated heterocycles. The molecule has 1 aromatic rings. The molecule has 1 heterocycles. The molecule has 0 radical (unpaired) electrons. The Kier molecular flexibility index (Phi) is 5.20. The second-order valence-corrected chi connectivity index (χ2v) is 6.80. The van der Waals surface area contributed by atoms with Gasteiger partial charge >= 0.3 is 0 Å². The lowest BCUT2D eigenvalue weighted by Gasteiger charge is -2.29. The van der Waals surface area contributed by atoms with Crippen LogP contribution >= 0.6 is 23.1 Å². The lowest BCUT2D eigenvalue weighted by atomic mass is 9.84. The Hall–Kier alpha value is 0.01000. The molecule has 0 bridgehead atoms. The second-order valence-electron chi connectivity index (χ2n) is 4.54. The van der Waals surface area contributed by atoms with Crippen LogP contribution in [0.5, 0.6) is 0 Å². The third-order valence-corrected chi connectivity index (χ3v) is 5.74. The van der Waals surface area contributed by atoms with Gasteiger partial charge in [0.15, 0.2) is 0 Å². The highest BCUT2D eigenvalue weighted by Gasteiger charge is 2.22. The highest BCUT2D eigenvalue weighted by Crippen LogP contribution is 2.30. The Bertz CT molecular complexity index is 278. The van der Waals surface area contributed by atoms with Crippen LogP contribution in [0.2, 0.25) is 0 Å². The van der Waals surface area contributed by atoms with Crippen molar-refractivity contribution in [3.8, 4) is 0 Å². The van der Waals surface area contributed by atoms with Crippen LogP contribution in [0.15, 0.2) is 21.7 Å². The van der Waals surface area contributed by atoms with Crippen LogP contribution in [0.3, 0.4) is 0 Å². The van der Waals surface area contributed by atoms with Crippen molar-refractivity contribution in [3.05, 3.63) is 17.5 Å². The zero-order chi connectivity index (χ0) is 11.2. The molecule has 2 rings (SSSR count). The Morgan fingerprint density at radius 1 is 1.44 bits per heavy atom. The van der Waals surface area contributed by atoms with Gasteiger partial charge in [-0.05, 0) is 37.3 Å². The first-order valence-electron chi connectivity index (χ1n) is 6.23. The van der Waals surface area contributed by atoms with Crippen molar-refractivity contribution in [2.24, 2.45) is 5.92 Å². The number of hydrogen-bond acceptors (Lipinski definition) is 3. The van der Waals surface area contributed by atoms with Crippen molar-refractivity contribution in [1.29, 1.82) is 0 Å². The van der Waals surface area contributed by atoms with Gasteiger partial charge in [-0.3, -0.25) is 0 Å². The van der Waals surface area contributed by atoms with Gasteiger partial charge in [0.2, 0.25) is 0 Å². The van der Waals surface area contributed by atoms with Crippen molar-refractivity contribution in [3.63, 3.8) is 0 Å². The zero-order valence-electron chi connectivity index (χ0n) is 9.95. The zero-order valence-corrected chi connectivity index (χ0v) is 11.6. The summed E-state index contributed by atoms with van der Waals surface area (Å²) in [6, 6.07) is 5.07. The summed E-state index contributed by atoms with van der Waals surface area (Å²) in [5.74, 6) is 2.13. The fourth-order valence-corrected chi connectivity index (χ4v) is 4.56. The molecular formula is C13H21NS2. The molecule has 90 valence electrons. The van der Waals surface area contributed by atoms with Gasteiger partial charge in [-0.1, -0.05) is 25.3 Å². The van der Waals surface area contributed by atoms with Gasteiger partial charge < -0.3 is 5.32 Å². The molecule has 1 saturated carbocycles. The highest BCUT2D eigenvalue weighted by atomic mass is 32.2. The maximum Gasteiger partial charge on any atom is 0.0599 e. The van der Waals surface area contributed by atoms with Gasteiger partial charge in [0, 0.05) is 11.8 Å². The summed E-state index contributed by atoms with van der Waals surface area (Å²) in [6.45, 7) is 0. The van der Waals surface area contributed by atoms with E-state index in [1.807, 2.05) is 23.1 Å². The van der Waals surface area contributed by atoms with Crippen molar-refractivity contribution < 1.29 is 0 Å². The predicted octanol–water partition coefficient (Wildman–Crippen LogP) is 4.01. The van der Waals surface area contributed by atoms with Gasteiger partial charge in [-0.2, -0.15) is 0 Å². The number of thiophene rings is 1. The molecule has 3 heteroatoms. The van der Waals surface area contributed by atoms with E-state index in [4.69, 9.17) is 0 Å². The molecular weight excluding hydrogens is 234 g/mol. The molecule has 0 aromatic carbocycles. The molecule has 16 heavy (non-hydrogen) atoms. The fourth-order valence-electron chi connectivity index (χ4n) is 2.51. The molecule has 0 amide bonds. The fraction of sp³-hybridized carbons (Fsp3) is 0.692. The lowest BCUT2D eigenvalue weighted by molar-refractivity contribution is 0.295. The Morgan fingerprint density at radius 2 is 2.25 bits per heavy atom. The average molecular weight is 255 g/mol. The van der Waals surface area contributed by atoms with Crippen molar-refractivity contribution in [2.45, 2.75) is 42.4 Å². The van der Waals surface area contributed by atoms with E-state index >= 15 is 0 Å². The van der Waals surface area contributed by atoms with E-state index < -0.39 is 0 Å². The summed E-state index contributed by atoms with van der Waals surface area (Å²) in [5.41, 5.74) is 0. The van der Waals surface area contributed by atoms with Crippen LogP contribution in [-0.2, 0) is 0 Å². The minimum atomic E-state index is 0.701. The first kappa shape index (κ1) is 12.5. The first-order chi connectivity index (χ1) is 7.90. The molecule has 1 aliphatic rings. The predicted molar refractivity (Wildman–Crippen MR) is 74.5 cm³/mol. The summed E-state index contributed by atoms with van der Waals surface area (Å²) >= 11 is 3.87. The normalized spacial score (nSPS) is 19.8. The molecule has 0 aliphatic heterocycles. The molecule has 1 aromatic heterocycles. The monoisotopic (exact) mass is 255 g/mol. The quantitative estimate of drug-likeness (QED) is 0.798. The lowest BCUT2D eigenvalue weighted by Crippen LogP contribution is -2.36. The maximum atomic E-state index is 3.52. The molecule has 1 N–H and O–H groups in total. The SMILES string of the molecule is CNC(CSc1cccs1)C1CCCCC1. The van der Waals surface area contributed by atoms with Crippen molar-refractivity contribution in [2.75, 3.05) is 12.8 Å². The Morgan fingerprint density at radius 3 is 2.88 bits per heavy atom. The van der Waals surface area contributed by atoms with Gasteiger partial charge in [0.25, 0.3) is 0 Å². The van der Waals surface area contributed by atoms with E-state index in [1.54, 1.807) is 0 Å². The van der Waals surface area contributed by atoms with E-state index in [1.165, 1.54) is 42.1 Å². The molecule has 1 nitrogen and oxygen atoms in total. The highest BCUT2D eigenvalue weighted by molar-refractivity contribution is 8.01. The number of thioether (sulfide) groups is 1. The summed E-state index contributed by atoms with van der Waals surface area (Å²) in [4.78, 5) is 0. The van der Waals surface area contributed by atoms with Crippen LogP contribution < -0.4 is 5.32 Å². The summed E-state index contributed by atoms with van der Waals surface area (Å²) in [5, 5.41) is 5.68. The first-order valence-corrected chi connectivity index (χ1v) is 8.10. The minimum absolute atomic E-state index is 0.701. The number of rotatable bonds is 5. The molecule has 0 spiro atoms. The van der Waals surface area contributed by atoms with E-state index in [2.05, 4.69) is 29.9 Å². The van der Waals surface area contributed by atoms with E-state index in [0.717, 1.165) is 5.92 Å². The summed E-state index contributed by atoms with van der Waals surface area (Å²) in [7, 11) is 2.12. The van der Waals surface area contributed by atoms with Gasteiger partial charge in [0.1, 0.15) is 0 Å². The Labute approximate surface area is 107 Å². The average Bonchev–Trinajstić information content (AvgIpc) is 2.84. The second kappa shape index (κ2) is 6.67. The van der Waals surface area contributed by atoms with Crippen LogP contribution in [0.1, 0.15) is 32.1 Å². The largest absolute Gasteiger partial charge is 0.316 e. The van der Waals surface area contributed by atoms with Crippen molar-refractivity contribution >= 4 is 23.1 Å². The van der Waals surface area contributed by atoms with Gasteiger partial charge in [0.05, 0.1) is 4.21 Å². The van der Waals surface area contributed by atoms with Crippen LogP contribution in [-0.4, -0.2) is 18.8 Å². The standard InChI is InChI=1S/C13H21NS2/c1-14-12(11-6-3-2-4-7-11)10-16-13-8-5-9-15-13/h5,8-9,11-12,14H,2-4,6-7,10H2,1H3. The summed E-state index contributed by atoms with van der Waals surface area (Å²) in [6.07, 6.45) is 7.18. The van der Waals surface area contributed by atoms with E-state index in [0.29, 0.717) is 6.04 Å². The maximum absolute atomic E-state index is 3.52. The van der Waals surface area contributed by atoms with Gasteiger partial charge in [-0.25, -0.2) is 0 Å². The van der Waals surface area contributed by atoms with E-state index in [9.17, 15) is 0 Å². The molecule has 1 atom stereocenters. The number of hydrogen-bond donors (Lipinski definition) is 1. The smallest absolute Gasteiger partial charge is 0.0599 e. The third kappa shape index (κ3) is 3.51. The number of nitrogens with one attached hydrogen (secondary N) is 1. The van der Waals surface area contributed by atoms with E-state index in [-0.39, 0.29) is 0 Å². The molecule has 1 aliphatic carbocycles. The topological polar surface area (TPSA) is 12.0 Å². The van der Waals surface area contributed by atoms with Crippen LogP contribution in [0.4, 0.5) is 0 Å². The molecule has 1 unspecified atom stereocenters. The van der Waals surface area contributed by atoms with Crippen LogP contribution in [0.25, 0.3) is 0 Å². The van der Waals surface area contributed by atoms with Crippen LogP contribution in [0, 0.1) is 5.92 Å². The Balaban J connectivity index is 1.80. The molecule has 1 fully saturated rings.